The van der Waals surface area contributed by atoms with Crippen LogP contribution in [0.1, 0.15) is 0 Å². The van der Waals surface area contributed by atoms with E-state index in [0.717, 1.165) is 10.2 Å². The van der Waals surface area contributed by atoms with Gasteiger partial charge in [0.15, 0.2) is 0 Å². The Balaban J connectivity index is 2.38. The number of carbonyl (C=O) groups excluding carboxylic acids is 1. The fraction of sp³-hybridized carbons (Fsp3) is 0.0833. The van der Waals surface area contributed by atoms with Crippen molar-refractivity contribution in [3.63, 3.8) is 0 Å². The highest BCUT2D eigenvalue weighted by molar-refractivity contribution is 6.30. The van der Waals surface area contributed by atoms with Crippen molar-refractivity contribution in [3.8, 4) is 11.3 Å². The number of nitrogens with one attached hydrogen (secondary N) is 1. The summed E-state index contributed by atoms with van der Waals surface area (Å²) in [6.07, 6.45) is 0. The first-order chi connectivity index (χ1) is 9.10. The molecule has 0 saturated heterocycles. The zero-order valence-corrected chi connectivity index (χ0v) is 10.6. The Labute approximate surface area is 113 Å². The number of hydrazine groups is 1. The van der Waals surface area contributed by atoms with Gasteiger partial charge in [-0.3, -0.25) is 15.0 Å². The van der Waals surface area contributed by atoms with E-state index in [2.05, 4.69) is 5.10 Å². The number of benzene rings is 1. The molecule has 3 N–H and O–H groups in total. The number of hydrogen-bond acceptors (Lipinski definition) is 4. The standard InChI is InChI=1S/C12H11ClN4O2/c13-9-3-1-8(2-4-9)10-5-6-12(19)17(16-10)7-11(18)15-14/h1-6H,7,14H2,(H,15,18). The van der Waals surface area contributed by atoms with E-state index >= 15 is 0 Å². The molecule has 0 aliphatic carbocycles. The molecule has 1 amide bonds. The molecule has 1 heterocycles. The molecule has 1 aromatic heterocycles. The highest BCUT2D eigenvalue weighted by atomic mass is 35.5. The lowest BCUT2D eigenvalue weighted by Gasteiger charge is -2.06. The van der Waals surface area contributed by atoms with Gasteiger partial charge in [-0.15, -0.1) is 0 Å². The van der Waals surface area contributed by atoms with E-state index in [1.54, 1.807) is 30.3 Å². The molecule has 0 bridgehead atoms. The molecule has 0 radical (unpaired) electrons. The second-order valence-electron chi connectivity index (χ2n) is 3.79. The summed E-state index contributed by atoms with van der Waals surface area (Å²) in [6.45, 7) is -0.225. The average Bonchev–Trinajstić information content (AvgIpc) is 2.42. The van der Waals surface area contributed by atoms with E-state index in [0.29, 0.717) is 10.7 Å². The molecule has 0 saturated carbocycles. The maximum Gasteiger partial charge on any atom is 0.267 e. The van der Waals surface area contributed by atoms with E-state index in [1.165, 1.54) is 6.07 Å². The van der Waals surface area contributed by atoms with Gasteiger partial charge < -0.3 is 0 Å². The third kappa shape index (κ3) is 3.18. The number of carbonyl (C=O) groups is 1. The number of amides is 1. The number of rotatable bonds is 3. The zero-order valence-electron chi connectivity index (χ0n) is 9.84. The van der Waals surface area contributed by atoms with E-state index in [1.807, 2.05) is 5.43 Å². The molecule has 19 heavy (non-hydrogen) atoms. The zero-order chi connectivity index (χ0) is 13.8. The molecule has 0 unspecified atom stereocenters. The summed E-state index contributed by atoms with van der Waals surface area (Å²) in [4.78, 5) is 22.7. The second kappa shape index (κ2) is 5.64. The number of halogens is 1. The second-order valence-corrected chi connectivity index (χ2v) is 4.23. The van der Waals surface area contributed by atoms with Gasteiger partial charge in [0.2, 0.25) is 0 Å². The van der Waals surface area contributed by atoms with Crippen LogP contribution in [0.2, 0.25) is 5.02 Å². The van der Waals surface area contributed by atoms with Gasteiger partial charge in [-0.2, -0.15) is 5.10 Å². The molecule has 0 aliphatic rings. The molecule has 7 heteroatoms. The summed E-state index contributed by atoms with van der Waals surface area (Å²) < 4.78 is 1.05. The van der Waals surface area contributed by atoms with Crippen LogP contribution < -0.4 is 16.8 Å². The first kappa shape index (κ1) is 13.3. The van der Waals surface area contributed by atoms with Gasteiger partial charge in [0.05, 0.1) is 5.69 Å². The Bertz CT molecular complexity index is 652. The Hall–Kier alpha value is -2.18. The summed E-state index contributed by atoms with van der Waals surface area (Å²) in [7, 11) is 0. The summed E-state index contributed by atoms with van der Waals surface area (Å²) in [5.41, 5.74) is 2.95. The summed E-state index contributed by atoms with van der Waals surface area (Å²) in [5.74, 6) is 4.48. The van der Waals surface area contributed by atoms with Gasteiger partial charge in [0.1, 0.15) is 6.54 Å². The van der Waals surface area contributed by atoms with E-state index in [-0.39, 0.29) is 12.1 Å². The molecule has 0 aliphatic heterocycles. The molecule has 1 aromatic carbocycles. The van der Waals surface area contributed by atoms with Crippen LogP contribution in [0.15, 0.2) is 41.2 Å². The lowest BCUT2D eigenvalue weighted by Crippen LogP contribution is -2.37. The Kier molecular flexibility index (Phi) is 3.94. The van der Waals surface area contributed by atoms with Crippen LogP contribution in [0.4, 0.5) is 0 Å². The Morgan fingerprint density at radius 3 is 2.58 bits per heavy atom. The smallest absolute Gasteiger partial charge is 0.267 e. The maximum absolute atomic E-state index is 11.6. The van der Waals surface area contributed by atoms with Gasteiger partial charge in [0, 0.05) is 16.7 Å². The van der Waals surface area contributed by atoms with E-state index in [9.17, 15) is 9.59 Å². The van der Waals surface area contributed by atoms with Gasteiger partial charge in [-0.25, -0.2) is 10.5 Å². The van der Waals surface area contributed by atoms with Crippen molar-refractivity contribution in [1.82, 2.24) is 15.2 Å². The van der Waals surface area contributed by atoms with Crippen LogP contribution in [-0.2, 0) is 11.3 Å². The molecular formula is C12H11ClN4O2. The van der Waals surface area contributed by atoms with E-state index < -0.39 is 5.91 Å². The highest BCUT2D eigenvalue weighted by Crippen LogP contribution is 2.18. The molecule has 2 rings (SSSR count). The van der Waals surface area contributed by atoms with Crippen molar-refractivity contribution in [2.24, 2.45) is 5.84 Å². The summed E-state index contributed by atoms with van der Waals surface area (Å²) in [5, 5.41) is 4.72. The van der Waals surface area contributed by atoms with Crippen molar-refractivity contribution in [1.29, 1.82) is 0 Å². The van der Waals surface area contributed by atoms with Gasteiger partial charge in [-0.05, 0) is 18.2 Å². The molecule has 0 atom stereocenters. The van der Waals surface area contributed by atoms with Crippen LogP contribution in [0.3, 0.4) is 0 Å². The number of aromatic nitrogens is 2. The maximum atomic E-state index is 11.6. The normalized spacial score (nSPS) is 10.2. The Morgan fingerprint density at radius 2 is 1.95 bits per heavy atom. The summed E-state index contributed by atoms with van der Waals surface area (Å²) in [6, 6.07) is 9.94. The molecule has 2 aromatic rings. The van der Waals surface area contributed by atoms with E-state index in [4.69, 9.17) is 17.4 Å². The minimum absolute atomic E-state index is 0.225. The number of nitrogens with zero attached hydrogens (tertiary/aromatic N) is 2. The van der Waals surface area contributed by atoms with Crippen LogP contribution in [-0.4, -0.2) is 15.7 Å². The Morgan fingerprint density at radius 1 is 1.26 bits per heavy atom. The minimum Gasteiger partial charge on any atom is -0.293 e. The van der Waals surface area contributed by atoms with Crippen LogP contribution in [0.25, 0.3) is 11.3 Å². The number of hydrogen-bond donors (Lipinski definition) is 2. The summed E-state index contributed by atoms with van der Waals surface area (Å²) >= 11 is 5.80. The first-order valence-electron chi connectivity index (χ1n) is 5.43. The lowest BCUT2D eigenvalue weighted by molar-refractivity contribution is -0.121. The van der Waals surface area contributed by atoms with Crippen LogP contribution in [0, 0.1) is 0 Å². The van der Waals surface area contributed by atoms with Crippen LogP contribution in [0.5, 0.6) is 0 Å². The van der Waals surface area contributed by atoms with Crippen LogP contribution >= 0.6 is 11.6 Å². The molecule has 98 valence electrons. The predicted molar refractivity (Wildman–Crippen MR) is 71.3 cm³/mol. The van der Waals surface area contributed by atoms with Crippen molar-refractivity contribution < 1.29 is 4.79 Å². The molecular weight excluding hydrogens is 268 g/mol. The van der Waals surface area contributed by atoms with Crippen molar-refractivity contribution in [2.45, 2.75) is 6.54 Å². The largest absolute Gasteiger partial charge is 0.293 e. The highest BCUT2D eigenvalue weighted by Gasteiger charge is 2.06. The number of nitrogens with two attached hydrogens (primary N) is 1. The predicted octanol–water partition coefficient (Wildman–Crippen LogP) is 0.554. The van der Waals surface area contributed by atoms with Crippen molar-refractivity contribution >= 4 is 17.5 Å². The molecule has 0 spiro atoms. The van der Waals surface area contributed by atoms with Crippen molar-refractivity contribution in [2.75, 3.05) is 0 Å². The van der Waals surface area contributed by atoms with Gasteiger partial charge >= 0.3 is 0 Å². The van der Waals surface area contributed by atoms with Gasteiger partial charge in [-0.1, -0.05) is 23.7 Å². The third-order valence-electron chi connectivity index (χ3n) is 2.46. The average molecular weight is 279 g/mol. The molecule has 6 nitrogen and oxygen atoms in total. The van der Waals surface area contributed by atoms with Crippen molar-refractivity contribution in [3.05, 3.63) is 51.8 Å². The molecule has 0 fully saturated rings. The minimum atomic E-state index is -0.497. The quantitative estimate of drug-likeness (QED) is 0.487. The first-order valence-corrected chi connectivity index (χ1v) is 5.81. The third-order valence-corrected chi connectivity index (χ3v) is 2.71. The SMILES string of the molecule is NNC(=O)Cn1nc(-c2ccc(Cl)cc2)ccc1=O. The fourth-order valence-corrected chi connectivity index (χ4v) is 1.64. The fourth-order valence-electron chi connectivity index (χ4n) is 1.52. The lowest BCUT2D eigenvalue weighted by atomic mass is 10.1. The monoisotopic (exact) mass is 278 g/mol. The topological polar surface area (TPSA) is 90.0 Å². The van der Waals surface area contributed by atoms with Gasteiger partial charge in [0.25, 0.3) is 11.5 Å².